The lowest BCUT2D eigenvalue weighted by atomic mass is 10.2. The third-order valence-electron chi connectivity index (χ3n) is 2.04. The fourth-order valence-corrected chi connectivity index (χ4v) is 1.33. The number of tetrazole rings is 1. The third-order valence-corrected chi connectivity index (χ3v) is 2.04. The summed E-state index contributed by atoms with van der Waals surface area (Å²) in [6, 6.07) is 3.49. The zero-order chi connectivity index (χ0) is 11.4. The summed E-state index contributed by atoms with van der Waals surface area (Å²) < 4.78 is 5.12. The highest BCUT2D eigenvalue weighted by molar-refractivity contribution is 5.77. The summed E-state index contributed by atoms with van der Waals surface area (Å²) in [6.45, 7) is 2.13. The van der Waals surface area contributed by atoms with Gasteiger partial charge in [0.15, 0.2) is 11.5 Å². The zero-order valence-electron chi connectivity index (χ0n) is 8.96. The molecule has 0 radical (unpaired) electrons. The van der Waals surface area contributed by atoms with Crippen LogP contribution in [0.1, 0.15) is 19.8 Å². The van der Waals surface area contributed by atoms with Gasteiger partial charge in [-0.2, -0.15) is 4.80 Å². The molecule has 2 heterocycles. The lowest BCUT2D eigenvalue weighted by Crippen LogP contribution is -2.12. The van der Waals surface area contributed by atoms with E-state index in [2.05, 4.69) is 15.4 Å². The standard InChI is InChI=1S/C10H12N4O2/c1-2-4-8(15)7-14-12-10(11-13-14)9-5-3-6-16-9/h3,5-6H,2,4,7H2,1H3. The molecule has 6 nitrogen and oxygen atoms in total. The number of Topliss-reactive ketones (excluding diaryl/α,β-unsaturated/α-hetero) is 1. The van der Waals surface area contributed by atoms with E-state index in [0.717, 1.165) is 6.42 Å². The lowest BCUT2D eigenvalue weighted by molar-refractivity contribution is -0.120. The molecule has 0 aliphatic heterocycles. The maximum atomic E-state index is 11.4. The van der Waals surface area contributed by atoms with Crippen LogP contribution >= 0.6 is 0 Å². The molecule has 0 amide bonds. The topological polar surface area (TPSA) is 73.8 Å². The molecule has 0 saturated carbocycles. The number of carbonyl (C=O) groups is 1. The van der Waals surface area contributed by atoms with E-state index < -0.39 is 0 Å². The van der Waals surface area contributed by atoms with Crippen LogP contribution in [0.4, 0.5) is 0 Å². The Kier molecular flexibility index (Phi) is 3.09. The number of aromatic nitrogens is 4. The summed E-state index contributed by atoms with van der Waals surface area (Å²) in [5.41, 5.74) is 0. The number of hydrogen-bond donors (Lipinski definition) is 0. The van der Waals surface area contributed by atoms with Gasteiger partial charge in [-0.15, -0.1) is 10.2 Å². The van der Waals surface area contributed by atoms with E-state index in [1.807, 2.05) is 6.92 Å². The number of ketones is 1. The second-order valence-electron chi connectivity index (χ2n) is 3.41. The summed E-state index contributed by atoms with van der Waals surface area (Å²) in [6.07, 6.45) is 2.91. The molecule has 0 atom stereocenters. The highest BCUT2D eigenvalue weighted by Crippen LogP contribution is 2.12. The van der Waals surface area contributed by atoms with Crippen LogP contribution in [0.2, 0.25) is 0 Å². The first-order valence-corrected chi connectivity index (χ1v) is 5.13. The maximum absolute atomic E-state index is 11.4. The van der Waals surface area contributed by atoms with Crippen molar-refractivity contribution in [1.82, 2.24) is 20.2 Å². The van der Waals surface area contributed by atoms with Crippen LogP contribution in [0.25, 0.3) is 11.6 Å². The van der Waals surface area contributed by atoms with Crippen LogP contribution < -0.4 is 0 Å². The number of carbonyl (C=O) groups excluding carboxylic acids is 1. The smallest absolute Gasteiger partial charge is 0.240 e. The predicted octanol–water partition coefficient (Wildman–Crippen LogP) is 1.30. The number of rotatable bonds is 5. The highest BCUT2D eigenvalue weighted by Gasteiger charge is 2.10. The molecule has 0 aliphatic carbocycles. The van der Waals surface area contributed by atoms with Gasteiger partial charge in [-0.3, -0.25) is 4.79 Å². The Morgan fingerprint density at radius 1 is 1.56 bits per heavy atom. The first-order valence-electron chi connectivity index (χ1n) is 5.13. The molecule has 0 N–H and O–H groups in total. The first kappa shape index (κ1) is 10.5. The van der Waals surface area contributed by atoms with Gasteiger partial charge < -0.3 is 4.42 Å². The Morgan fingerprint density at radius 2 is 2.44 bits per heavy atom. The normalized spacial score (nSPS) is 10.6. The van der Waals surface area contributed by atoms with Crippen molar-refractivity contribution in [2.75, 3.05) is 0 Å². The molecule has 84 valence electrons. The molecule has 2 aromatic rings. The Morgan fingerprint density at radius 3 is 3.12 bits per heavy atom. The Hall–Kier alpha value is -1.98. The van der Waals surface area contributed by atoms with E-state index in [1.54, 1.807) is 12.1 Å². The monoisotopic (exact) mass is 220 g/mol. The van der Waals surface area contributed by atoms with E-state index in [4.69, 9.17) is 4.42 Å². The maximum Gasteiger partial charge on any atom is 0.240 e. The van der Waals surface area contributed by atoms with Crippen molar-refractivity contribution in [3.63, 3.8) is 0 Å². The van der Waals surface area contributed by atoms with E-state index in [-0.39, 0.29) is 12.3 Å². The average Bonchev–Trinajstić information content (AvgIpc) is 2.86. The molecule has 2 aromatic heterocycles. The highest BCUT2D eigenvalue weighted by atomic mass is 16.3. The predicted molar refractivity (Wildman–Crippen MR) is 55.4 cm³/mol. The average molecular weight is 220 g/mol. The Balaban J connectivity index is 2.06. The van der Waals surface area contributed by atoms with Crippen molar-refractivity contribution in [3.05, 3.63) is 18.4 Å². The van der Waals surface area contributed by atoms with Gasteiger partial charge in [0.2, 0.25) is 5.82 Å². The zero-order valence-corrected chi connectivity index (χ0v) is 8.96. The minimum absolute atomic E-state index is 0.103. The van der Waals surface area contributed by atoms with Gasteiger partial charge in [0, 0.05) is 6.42 Å². The fourth-order valence-electron chi connectivity index (χ4n) is 1.33. The fraction of sp³-hybridized carbons (Fsp3) is 0.400. The SMILES string of the molecule is CCCC(=O)Cn1nnc(-c2ccco2)n1. The van der Waals surface area contributed by atoms with Gasteiger partial charge in [-0.1, -0.05) is 6.92 Å². The second kappa shape index (κ2) is 4.69. The molecule has 0 fully saturated rings. The van der Waals surface area contributed by atoms with Crippen molar-refractivity contribution in [3.8, 4) is 11.6 Å². The molecular formula is C10H12N4O2. The van der Waals surface area contributed by atoms with Gasteiger partial charge in [0.1, 0.15) is 6.54 Å². The van der Waals surface area contributed by atoms with E-state index in [1.165, 1.54) is 11.1 Å². The van der Waals surface area contributed by atoms with Gasteiger partial charge in [0.25, 0.3) is 0 Å². The van der Waals surface area contributed by atoms with Crippen molar-refractivity contribution in [2.24, 2.45) is 0 Å². The molecule has 16 heavy (non-hydrogen) atoms. The Bertz CT molecular complexity index is 461. The van der Waals surface area contributed by atoms with Gasteiger partial charge in [-0.05, 0) is 23.8 Å². The minimum Gasteiger partial charge on any atom is -0.461 e. The number of hydrogen-bond acceptors (Lipinski definition) is 5. The van der Waals surface area contributed by atoms with E-state index >= 15 is 0 Å². The summed E-state index contributed by atoms with van der Waals surface area (Å²) in [7, 11) is 0. The molecular weight excluding hydrogens is 208 g/mol. The molecule has 0 aromatic carbocycles. The van der Waals surface area contributed by atoms with Gasteiger partial charge >= 0.3 is 0 Å². The molecule has 6 heteroatoms. The number of nitrogens with zero attached hydrogens (tertiary/aromatic N) is 4. The molecule has 0 unspecified atom stereocenters. The van der Waals surface area contributed by atoms with Crippen molar-refractivity contribution >= 4 is 5.78 Å². The third kappa shape index (κ3) is 2.33. The Labute approximate surface area is 92.3 Å². The van der Waals surface area contributed by atoms with Crippen LogP contribution in [-0.2, 0) is 11.3 Å². The summed E-state index contributed by atoms with van der Waals surface area (Å²) >= 11 is 0. The van der Waals surface area contributed by atoms with Crippen molar-refractivity contribution in [2.45, 2.75) is 26.3 Å². The van der Waals surface area contributed by atoms with Crippen LogP contribution in [0.3, 0.4) is 0 Å². The van der Waals surface area contributed by atoms with Crippen LogP contribution in [0.15, 0.2) is 22.8 Å². The summed E-state index contributed by atoms with van der Waals surface area (Å²) in [5, 5.41) is 11.7. The van der Waals surface area contributed by atoms with Gasteiger partial charge in [-0.25, -0.2) is 0 Å². The quantitative estimate of drug-likeness (QED) is 0.759. The van der Waals surface area contributed by atoms with Gasteiger partial charge in [0.05, 0.1) is 6.26 Å². The first-order chi connectivity index (χ1) is 7.79. The molecule has 0 spiro atoms. The molecule has 2 rings (SSSR count). The second-order valence-corrected chi connectivity index (χ2v) is 3.41. The van der Waals surface area contributed by atoms with Crippen LogP contribution in [0, 0.1) is 0 Å². The minimum atomic E-state index is 0.103. The number of furan rings is 1. The van der Waals surface area contributed by atoms with E-state index in [0.29, 0.717) is 18.0 Å². The summed E-state index contributed by atoms with van der Waals surface area (Å²) in [4.78, 5) is 12.6. The van der Waals surface area contributed by atoms with Crippen molar-refractivity contribution in [1.29, 1.82) is 0 Å². The molecule has 0 bridgehead atoms. The van der Waals surface area contributed by atoms with Crippen LogP contribution in [0.5, 0.6) is 0 Å². The molecule has 0 aliphatic rings. The van der Waals surface area contributed by atoms with Crippen molar-refractivity contribution < 1.29 is 9.21 Å². The van der Waals surface area contributed by atoms with Crippen LogP contribution in [-0.4, -0.2) is 26.0 Å². The largest absolute Gasteiger partial charge is 0.461 e. The lowest BCUT2D eigenvalue weighted by Gasteiger charge is -1.95. The summed E-state index contributed by atoms with van der Waals surface area (Å²) in [5.74, 6) is 1.05. The van der Waals surface area contributed by atoms with E-state index in [9.17, 15) is 4.79 Å². The molecule has 0 saturated heterocycles.